The largest absolute Gasteiger partial charge is 0.372 e. The number of nitrogens with zero attached hydrogens (tertiary/aromatic N) is 2. The van der Waals surface area contributed by atoms with E-state index in [9.17, 15) is 0 Å². The van der Waals surface area contributed by atoms with Crippen molar-refractivity contribution in [3.05, 3.63) is 18.2 Å². The predicted octanol–water partition coefficient (Wildman–Crippen LogP) is 1.21. The summed E-state index contributed by atoms with van der Waals surface area (Å²) in [7, 11) is 1.99. The first-order valence-electron chi connectivity index (χ1n) is 5.58. The molecule has 15 heavy (non-hydrogen) atoms. The van der Waals surface area contributed by atoms with E-state index in [0.29, 0.717) is 18.8 Å². The van der Waals surface area contributed by atoms with Gasteiger partial charge in [0.05, 0.1) is 30.9 Å². The number of hydrogen-bond donors (Lipinski definition) is 1. The Hall–Kier alpha value is -0.870. The van der Waals surface area contributed by atoms with Gasteiger partial charge in [-0.15, -0.1) is 0 Å². The highest BCUT2D eigenvalue weighted by atomic mass is 16.5. The van der Waals surface area contributed by atoms with Gasteiger partial charge in [-0.3, -0.25) is 0 Å². The lowest BCUT2D eigenvalue weighted by atomic mass is 9.94. The predicted molar refractivity (Wildman–Crippen MR) is 58.2 cm³/mol. The summed E-state index contributed by atoms with van der Waals surface area (Å²) in [6, 6.07) is 0.390. The third kappa shape index (κ3) is 2.79. The number of ether oxygens (including phenoxy) is 1. The van der Waals surface area contributed by atoms with Gasteiger partial charge < -0.3 is 15.0 Å². The van der Waals surface area contributed by atoms with E-state index < -0.39 is 0 Å². The zero-order valence-corrected chi connectivity index (χ0v) is 9.22. The average molecular weight is 209 g/mol. The van der Waals surface area contributed by atoms with E-state index in [1.165, 1.54) is 0 Å². The van der Waals surface area contributed by atoms with Crippen LogP contribution in [-0.4, -0.2) is 21.7 Å². The quantitative estimate of drug-likeness (QED) is 0.814. The topological polar surface area (TPSA) is 53.1 Å². The Morgan fingerprint density at radius 3 is 2.80 bits per heavy atom. The molecule has 0 aliphatic heterocycles. The van der Waals surface area contributed by atoms with Crippen LogP contribution in [0.25, 0.3) is 0 Å². The molecule has 0 bridgehead atoms. The molecule has 1 heterocycles. The highest BCUT2D eigenvalue weighted by Crippen LogP contribution is 2.20. The summed E-state index contributed by atoms with van der Waals surface area (Å²) >= 11 is 0. The molecule has 4 nitrogen and oxygen atoms in total. The fraction of sp³-hybridized carbons (Fsp3) is 0.727. The van der Waals surface area contributed by atoms with Gasteiger partial charge in [0.15, 0.2) is 0 Å². The summed E-state index contributed by atoms with van der Waals surface area (Å²) < 4.78 is 7.83. The molecule has 1 aliphatic carbocycles. The van der Waals surface area contributed by atoms with Gasteiger partial charge >= 0.3 is 0 Å². The molecule has 0 atom stereocenters. The fourth-order valence-corrected chi connectivity index (χ4v) is 1.98. The Balaban J connectivity index is 1.77. The van der Waals surface area contributed by atoms with E-state index in [1.54, 1.807) is 6.33 Å². The molecule has 0 amide bonds. The molecule has 0 spiro atoms. The SMILES string of the molecule is Cn1cncc1COC1CCC(N)CC1. The maximum absolute atomic E-state index is 5.84. The van der Waals surface area contributed by atoms with Gasteiger partial charge in [0.2, 0.25) is 0 Å². The zero-order valence-electron chi connectivity index (χ0n) is 9.22. The van der Waals surface area contributed by atoms with E-state index in [0.717, 1.165) is 31.4 Å². The van der Waals surface area contributed by atoms with Crippen molar-refractivity contribution in [1.82, 2.24) is 9.55 Å². The monoisotopic (exact) mass is 209 g/mol. The molecular formula is C11H19N3O. The number of imidazole rings is 1. The van der Waals surface area contributed by atoms with E-state index in [1.807, 2.05) is 17.8 Å². The lowest BCUT2D eigenvalue weighted by molar-refractivity contribution is 0.0113. The maximum Gasteiger partial charge on any atom is 0.0946 e. The summed E-state index contributed by atoms with van der Waals surface area (Å²) in [5, 5.41) is 0. The van der Waals surface area contributed by atoms with Crippen molar-refractivity contribution in [2.45, 2.75) is 44.4 Å². The minimum Gasteiger partial charge on any atom is -0.372 e. The van der Waals surface area contributed by atoms with Crippen molar-refractivity contribution < 1.29 is 4.74 Å². The van der Waals surface area contributed by atoms with Crippen molar-refractivity contribution in [3.63, 3.8) is 0 Å². The minimum atomic E-state index is 0.389. The third-order valence-corrected chi connectivity index (χ3v) is 3.10. The second kappa shape index (κ2) is 4.77. The van der Waals surface area contributed by atoms with Crippen molar-refractivity contribution >= 4 is 0 Å². The highest BCUT2D eigenvalue weighted by molar-refractivity contribution is 4.95. The average Bonchev–Trinajstić information content (AvgIpc) is 2.63. The Morgan fingerprint density at radius 2 is 2.20 bits per heavy atom. The summed E-state index contributed by atoms with van der Waals surface area (Å²) in [6.45, 7) is 0.663. The molecular weight excluding hydrogens is 190 g/mol. The van der Waals surface area contributed by atoms with Gasteiger partial charge in [-0.05, 0) is 25.7 Å². The first kappa shape index (κ1) is 10.6. The first-order valence-corrected chi connectivity index (χ1v) is 5.58. The van der Waals surface area contributed by atoms with Crippen LogP contribution in [0.1, 0.15) is 31.4 Å². The second-order valence-corrected chi connectivity index (χ2v) is 4.34. The maximum atomic E-state index is 5.84. The fourth-order valence-electron chi connectivity index (χ4n) is 1.98. The number of rotatable bonds is 3. The lowest BCUT2D eigenvalue weighted by Crippen LogP contribution is -2.30. The Morgan fingerprint density at radius 1 is 1.47 bits per heavy atom. The standard InChI is InChI=1S/C11H19N3O/c1-14-8-13-6-10(14)7-15-11-4-2-9(12)3-5-11/h6,8-9,11H,2-5,7,12H2,1H3. The van der Waals surface area contributed by atoms with E-state index >= 15 is 0 Å². The summed E-state index contributed by atoms with van der Waals surface area (Å²) in [4.78, 5) is 4.06. The Kier molecular flexibility index (Phi) is 3.38. The number of nitrogens with two attached hydrogens (primary N) is 1. The third-order valence-electron chi connectivity index (χ3n) is 3.10. The van der Waals surface area contributed by atoms with Gasteiger partial charge in [-0.2, -0.15) is 0 Å². The second-order valence-electron chi connectivity index (χ2n) is 4.34. The van der Waals surface area contributed by atoms with E-state index in [-0.39, 0.29) is 0 Å². The van der Waals surface area contributed by atoms with Gasteiger partial charge in [0, 0.05) is 13.1 Å². The van der Waals surface area contributed by atoms with Crippen LogP contribution >= 0.6 is 0 Å². The molecule has 2 N–H and O–H groups in total. The molecule has 1 aliphatic rings. The lowest BCUT2D eigenvalue weighted by Gasteiger charge is -2.26. The molecule has 0 unspecified atom stereocenters. The summed E-state index contributed by atoms with van der Waals surface area (Å²) in [5.41, 5.74) is 6.97. The molecule has 84 valence electrons. The van der Waals surface area contributed by atoms with Crippen LogP contribution in [0, 0.1) is 0 Å². The molecule has 0 saturated heterocycles. The van der Waals surface area contributed by atoms with Crippen molar-refractivity contribution in [1.29, 1.82) is 0 Å². The van der Waals surface area contributed by atoms with Crippen LogP contribution in [0.5, 0.6) is 0 Å². The first-order chi connectivity index (χ1) is 7.25. The van der Waals surface area contributed by atoms with Crippen molar-refractivity contribution in [2.75, 3.05) is 0 Å². The molecule has 1 aromatic heterocycles. The Bertz CT molecular complexity index is 303. The van der Waals surface area contributed by atoms with E-state index in [4.69, 9.17) is 10.5 Å². The minimum absolute atomic E-state index is 0.389. The van der Waals surface area contributed by atoms with Gasteiger partial charge in [-0.1, -0.05) is 0 Å². The van der Waals surface area contributed by atoms with Gasteiger partial charge in [-0.25, -0.2) is 4.98 Å². The molecule has 2 rings (SSSR count). The van der Waals surface area contributed by atoms with Crippen LogP contribution in [0.15, 0.2) is 12.5 Å². The molecule has 1 aromatic rings. The zero-order chi connectivity index (χ0) is 10.7. The summed E-state index contributed by atoms with van der Waals surface area (Å²) in [6.07, 6.45) is 8.42. The molecule has 0 aromatic carbocycles. The molecule has 1 saturated carbocycles. The highest BCUT2D eigenvalue weighted by Gasteiger charge is 2.18. The Labute approximate surface area is 90.4 Å². The summed E-state index contributed by atoms with van der Waals surface area (Å²) in [5.74, 6) is 0. The number of aromatic nitrogens is 2. The normalized spacial score (nSPS) is 26.8. The van der Waals surface area contributed by atoms with Crippen molar-refractivity contribution in [3.8, 4) is 0 Å². The molecule has 4 heteroatoms. The van der Waals surface area contributed by atoms with Crippen LogP contribution in [0.3, 0.4) is 0 Å². The molecule has 0 radical (unpaired) electrons. The van der Waals surface area contributed by atoms with E-state index in [2.05, 4.69) is 4.98 Å². The molecule has 1 fully saturated rings. The van der Waals surface area contributed by atoms with Crippen LogP contribution in [-0.2, 0) is 18.4 Å². The van der Waals surface area contributed by atoms with Crippen molar-refractivity contribution in [2.24, 2.45) is 12.8 Å². The number of hydrogen-bond acceptors (Lipinski definition) is 3. The van der Waals surface area contributed by atoms with Crippen LogP contribution in [0.4, 0.5) is 0 Å². The smallest absolute Gasteiger partial charge is 0.0946 e. The van der Waals surface area contributed by atoms with Gasteiger partial charge in [0.25, 0.3) is 0 Å². The van der Waals surface area contributed by atoms with Gasteiger partial charge in [0.1, 0.15) is 0 Å². The van der Waals surface area contributed by atoms with Crippen LogP contribution in [0.2, 0.25) is 0 Å². The van der Waals surface area contributed by atoms with Crippen LogP contribution < -0.4 is 5.73 Å². The number of aryl methyl sites for hydroxylation is 1.